The van der Waals surface area contributed by atoms with E-state index < -0.39 is 0 Å². The number of H-pyrrole nitrogens is 1. The van der Waals surface area contributed by atoms with Crippen molar-refractivity contribution < 1.29 is 0 Å². The van der Waals surface area contributed by atoms with Gasteiger partial charge in [0, 0.05) is 24.5 Å². The highest BCUT2D eigenvalue weighted by Crippen LogP contribution is 2.14. The minimum absolute atomic E-state index is 0.0398. The van der Waals surface area contributed by atoms with E-state index in [1.54, 1.807) is 0 Å². The summed E-state index contributed by atoms with van der Waals surface area (Å²) in [4.78, 5) is 19.1. The standard InChI is InChI=1S/C13H12ClN3O/c14-9-3-1-2-8(4-9)5-12-16-11-7-15-6-10(11)13(18)17-12/h1-4,15H,5-7H2,(H,16,17,18). The number of nitrogens with zero attached hydrogens (tertiary/aromatic N) is 1. The molecule has 0 fully saturated rings. The summed E-state index contributed by atoms with van der Waals surface area (Å²) in [6.07, 6.45) is 0.586. The molecule has 0 spiro atoms. The van der Waals surface area contributed by atoms with Crippen molar-refractivity contribution in [3.05, 3.63) is 62.3 Å². The van der Waals surface area contributed by atoms with E-state index in [0.29, 0.717) is 30.4 Å². The second kappa shape index (κ2) is 4.55. The van der Waals surface area contributed by atoms with Crippen molar-refractivity contribution in [2.75, 3.05) is 0 Å². The summed E-state index contributed by atoms with van der Waals surface area (Å²) in [5.74, 6) is 0.685. The maximum Gasteiger partial charge on any atom is 0.255 e. The fourth-order valence-corrected chi connectivity index (χ4v) is 2.37. The average Bonchev–Trinajstić information content (AvgIpc) is 2.77. The first-order chi connectivity index (χ1) is 8.72. The predicted molar refractivity (Wildman–Crippen MR) is 69.7 cm³/mol. The maximum absolute atomic E-state index is 11.8. The van der Waals surface area contributed by atoms with Crippen LogP contribution in [0.3, 0.4) is 0 Å². The molecule has 0 saturated carbocycles. The topological polar surface area (TPSA) is 57.8 Å². The number of nitrogens with one attached hydrogen (secondary N) is 2. The molecule has 0 bridgehead atoms. The Morgan fingerprint density at radius 3 is 3.06 bits per heavy atom. The van der Waals surface area contributed by atoms with Gasteiger partial charge >= 0.3 is 0 Å². The quantitative estimate of drug-likeness (QED) is 0.864. The van der Waals surface area contributed by atoms with Crippen LogP contribution in [0.15, 0.2) is 29.1 Å². The summed E-state index contributed by atoms with van der Waals surface area (Å²) in [5, 5.41) is 3.82. The summed E-state index contributed by atoms with van der Waals surface area (Å²) in [7, 11) is 0. The van der Waals surface area contributed by atoms with Gasteiger partial charge in [-0.05, 0) is 17.7 Å². The van der Waals surface area contributed by atoms with Gasteiger partial charge in [-0.2, -0.15) is 0 Å². The fraction of sp³-hybridized carbons (Fsp3) is 0.231. The zero-order chi connectivity index (χ0) is 12.5. The minimum atomic E-state index is -0.0398. The number of fused-ring (bicyclic) bond motifs is 1. The first-order valence-corrected chi connectivity index (χ1v) is 6.16. The first kappa shape index (κ1) is 11.4. The number of benzene rings is 1. The molecule has 0 unspecified atom stereocenters. The summed E-state index contributed by atoms with van der Waals surface area (Å²) >= 11 is 5.93. The van der Waals surface area contributed by atoms with E-state index in [0.717, 1.165) is 16.8 Å². The van der Waals surface area contributed by atoms with E-state index in [9.17, 15) is 4.79 Å². The van der Waals surface area contributed by atoms with Crippen LogP contribution in [-0.2, 0) is 19.5 Å². The van der Waals surface area contributed by atoms with Crippen molar-refractivity contribution in [2.45, 2.75) is 19.5 Å². The van der Waals surface area contributed by atoms with E-state index in [2.05, 4.69) is 15.3 Å². The van der Waals surface area contributed by atoms with E-state index in [4.69, 9.17) is 11.6 Å². The number of rotatable bonds is 2. The van der Waals surface area contributed by atoms with Gasteiger partial charge in [0.2, 0.25) is 0 Å². The number of hydrogen-bond acceptors (Lipinski definition) is 3. The van der Waals surface area contributed by atoms with Gasteiger partial charge in [0.25, 0.3) is 5.56 Å². The van der Waals surface area contributed by atoms with Gasteiger partial charge < -0.3 is 10.3 Å². The van der Waals surface area contributed by atoms with Crippen LogP contribution in [0.2, 0.25) is 5.02 Å². The predicted octanol–water partition coefficient (Wildman–Crippen LogP) is 1.62. The molecular formula is C13H12ClN3O. The Morgan fingerprint density at radius 2 is 2.22 bits per heavy atom. The molecule has 5 heteroatoms. The monoisotopic (exact) mass is 261 g/mol. The summed E-state index contributed by atoms with van der Waals surface area (Å²) < 4.78 is 0. The van der Waals surface area contributed by atoms with E-state index >= 15 is 0 Å². The molecule has 1 aromatic carbocycles. The van der Waals surface area contributed by atoms with E-state index in [-0.39, 0.29) is 5.56 Å². The average molecular weight is 262 g/mol. The SMILES string of the molecule is O=c1[nH]c(Cc2cccc(Cl)c2)nc2c1CNC2. The van der Waals surface area contributed by atoms with Crippen molar-refractivity contribution >= 4 is 11.6 Å². The Balaban J connectivity index is 1.94. The van der Waals surface area contributed by atoms with Crippen molar-refractivity contribution in [1.82, 2.24) is 15.3 Å². The smallest absolute Gasteiger partial charge is 0.255 e. The molecule has 2 heterocycles. The van der Waals surface area contributed by atoms with Crippen LogP contribution in [-0.4, -0.2) is 9.97 Å². The Morgan fingerprint density at radius 1 is 1.33 bits per heavy atom. The molecule has 0 atom stereocenters. The third-order valence-corrected chi connectivity index (χ3v) is 3.24. The fourth-order valence-electron chi connectivity index (χ4n) is 2.15. The molecule has 0 amide bonds. The highest BCUT2D eigenvalue weighted by molar-refractivity contribution is 6.30. The van der Waals surface area contributed by atoms with Crippen LogP contribution in [0.5, 0.6) is 0 Å². The summed E-state index contributed by atoms with van der Waals surface area (Å²) in [6, 6.07) is 7.57. The van der Waals surface area contributed by atoms with Gasteiger partial charge in [-0.15, -0.1) is 0 Å². The zero-order valence-corrected chi connectivity index (χ0v) is 10.4. The van der Waals surface area contributed by atoms with Crippen molar-refractivity contribution in [3.8, 4) is 0 Å². The maximum atomic E-state index is 11.8. The minimum Gasteiger partial charge on any atom is -0.310 e. The van der Waals surface area contributed by atoms with Crippen molar-refractivity contribution in [1.29, 1.82) is 0 Å². The lowest BCUT2D eigenvalue weighted by atomic mass is 10.1. The second-order valence-corrected chi connectivity index (χ2v) is 4.78. The molecule has 0 radical (unpaired) electrons. The summed E-state index contributed by atoms with van der Waals surface area (Å²) in [5.41, 5.74) is 2.61. The number of aromatic amines is 1. The molecule has 2 N–H and O–H groups in total. The Labute approximate surface area is 109 Å². The molecule has 4 nitrogen and oxygen atoms in total. The molecule has 0 saturated heterocycles. The molecule has 3 rings (SSSR count). The molecule has 1 aromatic heterocycles. The first-order valence-electron chi connectivity index (χ1n) is 5.78. The van der Waals surface area contributed by atoms with Crippen LogP contribution in [0.4, 0.5) is 0 Å². The van der Waals surface area contributed by atoms with Gasteiger partial charge in [0.1, 0.15) is 5.82 Å². The van der Waals surface area contributed by atoms with Crippen molar-refractivity contribution in [3.63, 3.8) is 0 Å². The molecule has 0 aliphatic carbocycles. The number of hydrogen-bond donors (Lipinski definition) is 2. The lowest BCUT2D eigenvalue weighted by Gasteiger charge is -2.04. The highest BCUT2D eigenvalue weighted by atomic mass is 35.5. The summed E-state index contributed by atoms with van der Waals surface area (Å²) in [6.45, 7) is 1.27. The number of halogens is 1. The zero-order valence-electron chi connectivity index (χ0n) is 9.66. The lowest BCUT2D eigenvalue weighted by molar-refractivity contribution is 0.755. The molecular weight excluding hydrogens is 250 g/mol. The van der Waals surface area contributed by atoms with Gasteiger partial charge in [-0.3, -0.25) is 4.79 Å². The van der Waals surface area contributed by atoms with Gasteiger partial charge in [-0.25, -0.2) is 4.98 Å². The molecule has 1 aliphatic heterocycles. The van der Waals surface area contributed by atoms with Crippen LogP contribution in [0.1, 0.15) is 22.6 Å². The van der Waals surface area contributed by atoms with Crippen LogP contribution < -0.4 is 10.9 Å². The Bertz CT molecular complexity index is 651. The molecule has 2 aromatic rings. The van der Waals surface area contributed by atoms with Gasteiger partial charge in [0.15, 0.2) is 0 Å². The van der Waals surface area contributed by atoms with E-state index in [1.165, 1.54) is 0 Å². The Kier molecular flexibility index (Phi) is 2.89. The van der Waals surface area contributed by atoms with Crippen LogP contribution in [0.25, 0.3) is 0 Å². The molecule has 1 aliphatic rings. The normalized spacial score (nSPS) is 13.6. The number of aromatic nitrogens is 2. The van der Waals surface area contributed by atoms with Crippen LogP contribution in [0, 0.1) is 0 Å². The third-order valence-electron chi connectivity index (χ3n) is 3.00. The molecule has 92 valence electrons. The van der Waals surface area contributed by atoms with E-state index in [1.807, 2.05) is 24.3 Å². The largest absolute Gasteiger partial charge is 0.310 e. The van der Waals surface area contributed by atoms with Crippen molar-refractivity contribution in [2.24, 2.45) is 0 Å². The van der Waals surface area contributed by atoms with Gasteiger partial charge in [-0.1, -0.05) is 23.7 Å². The van der Waals surface area contributed by atoms with Gasteiger partial charge in [0.05, 0.1) is 11.3 Å². The lowest BCUT2D eigenvalue weighted by Crippen LogP contribution is -2.17. The second-order valence-electron chi connectivity index (χ2n) is 4.35. The van der Waals surface area contributed by atoms with Crippen LogP contribution >= 0.6 is 11.6 Å². The molecule has 18 heavy (non-hydrogen) atoms. The highest BCUT2D eigenvalue weighted by Gasteiger charge is 2.16. The Hall–Kier alpha value is -1.65. The third kappa shape index (κ3) is 2.17.